The molecular formula is C48H34N2Si. The maximum Gasteiger partial charge on any atom is 0.181 e. The number of para-hydroxylation sites is 4. The van der Waals surface area contributed by atoms with Gasteiger partial charge in [-0.25, -0.2) is 0 Å². The van der Waals surface area contributed by atoms with Crippen LogP contribution in [0, 0.1) is 0 Å². The Morgan fingerprint density at radius 1 is 0.392 bits per heavy atom. The fourth-order valence-electron chi connectivity index (χ4n) is 8.35. The zero-order chi connectivity index (χ0) is 37.3. The van der Waals surface area contributed by atoms with E-state index in [4.69, 9.17) is 2.74 Å². The van der Waals surface area contributed by atoms with Crippen LogP contribution in [0.3, 0.4) is 0 Å². The van der Waals surface area contributed by atoms with Crippen LogP contribution in [0.15, 0.2) is 206 Å². The van der Waals surface area contributed by atoms with Gasteiger partial charge in [-0.1, -0.05) is 164 Å². The molecule has 0 atom stereocenters. The van der Waals surface area contributed by atoms with E-state index in [1.54, 1.807) is 0 Å². The zero-order valence-electron chi connectivity index (χ0n) is 31.7. The molecule has 51 heavy (non-hydrogen) atoms. The summed E-state index contributed by atoms with van der Waals surface area (Å²) < 4.78 is 41.3. The van der Waals surface area contributed by atoms with Crippen molar-refractivity contribution < 1.29 is 5.48 Å². The van der Waals surface area contributed by atoms with Crippen molar-refractivity contribution in [1.82, 2.24) is 9.13 Å². The summed E-state index contributed by atoms with van der Waals surface area (Å²) in [5.41, 5.74) is 5.27. The Labute approximate surface area is 303 Å². The van der Waals surface area contributed by atoms with Crippen LogP contribution in [0.2, 0.25) is 0 Å². The highest BCUT2D eigenvalue weighted by Crippen LogP contribution is 2.42. The van der Waals surface area contributed by atoms with Crippen molar-refractivity contribution in [2.45, 2.75) is 0 Å². The highest BCUT2D eigenvalue weighted by molar-refractivity contribution is 7.20. The first-order valence-electron chi connectivity index (χ1n) is 19.3. The van der Waals surface area contributed by atoms with Crippen molar-refractivity contribution in [2.75, 3.05) is 0 Å². The molecule has 8 aromatic carbocycles. The van der Waals surface area contributed by atoms with Crippen molar-refractivity contribution in [1.29, 1.82) is 0 Å². The summed E-state index contributed by atoms with van der Waals surface area (Å²) in [6, 6.07) is 63.3. The van der Waals surface area contributed by atoms with E-state index in [0.29, 0.717) is 10.9 Å². The third-order valence-electron chi connectivity index (χ3n) is 10.3. The van der Waals surface area contributed by atoms with Gasteiger partial charge in [0.2, 0.25) is 0 Å². The van der Waals surface area contributed by atoms with Gasteiger partial charge in [-0.3, -0.25) is 0 Å². The van der Waals surface area contributed by atoms with Crippen LogP contribution in [0.1, 0.15) is 5.48 Å². The lowest BCUT2D eigenvalue weighted by Gasteiger charge is -2.35. The molecule has 240 valence electrons. The first-order chi connectivity index (χ1) is 27.0. The summed E-state index contributed by atoms with van der Waals surface area (Å²) in [6.45, 7) is 0. The van der Waals surface area contributed by atoms with Crippen LogP contribution >= 0.6 is 0 Å². The number of aromatic nitrogens is 2. The number of nitrogens with zero attached hydrogens (tertiary/aromatic N) is 2. The van der Waals surface area contributed by atoms with E-state index in [2.05, 4.69) is 155 Å². The lowest BCUT2D eigenvalue weighted by Crippen LogP contribution is -2.75. The van der Waals surface area contributed by atoms with Crippen LogP contribution in [-0.4, -0.2) is 17.2 Å². The van der Waals surface area contributed by atoms with Crippen molar-refractivity contribution in [3.8, 4) is 11.4 Å². The molecule has 2 nitrogen and oxygen atoms in total. The minimum absolute atomic E-state index is 0.0424. The molecule has 0 fully saturated rings. The molecule has 2 aromatic heterocycles. The van der Waals surface area contributed by atoms with Crippen molar-refractivity contribution >= 4 is 72.4 Å². The molecule has 0 radical (unpaired) electrons. The fourth-order valence-corrected chi connectivity index (χ4v) is 13.3. The predicted octanol–water partition coefficient (Wildman–Crippen LogP) is 9.26. The quantitative estimate of drug-likeness (QED) is 0.123. The van der Waals surface area contributed by atoms with Gasteiger partial charge in [0.1, 0.15) is 0 Å². The maximum absolute atomic E-state index is 9.52. The Morgan fingerprint density at radius 2 is 0.843 bits per heavy atom. The molecule has 3 heteroatoms. The van der Waals surface area contributed by atoms with Gasteiger partial charge >= 0.3 is 0 Å². The largest absolute Gasteiger partial charge is 0.309 e. The van der Waals surface area contributed by atoms with E-state index in [-0.39, 0.29) is 24.2 Å². The summed E-state index contributed by atoms with van der Waals surface area (Å²) in [5, 5.41) is 8.14. The number of benzene rings is 8. The van der Waals surface area contributed by atoms with Gasteiger partial charge in [-0.15, -0.1) is 0 Å². The van der Waals surface area contributed by atoms with Crippen LogP contribution in [-0.2, 0) is 0 Å². The molecule has 0 aliphatic rings. The lowest BCUT2D eigenvalue weighted by atomic mass is 10.1. The van der Waals surface area contributed by atoms with Crippen molar-refractivity contribution in [3.63, 3.8) is 0 Å². The van der Waals surface area contributed by atoms with E-state index in [9.17, 15) is 2.74 Å². The Bertz CT molecular complexity index is 2960. The molecule has 0 spiro atoms. The average Bonchev–Trinajstić information content (AvgIpc) is 3.78. The highest BCUT2D eigenvalue weighted by Gasteiger charge is 2.44. The molecule has 0 saturated carbocycles. The molecular weight excluding hydrogens is 633 g/mol. The van der Waals surface area contributed by atoms with Gasteiger partial charge in [0, 0.05) is 32.9 Å². The molecule has 0 unspecified atom stereocenters. The van der Waals surface area contributed by atoms with Gasteiger partial charge in [-0.2, -0.15) is 0 Å². The molecule has 2 heterocycles. The molecule has 0 saturated heterocycles. The Hall–Kier alpha value is -6.42. The first kappa shape index (κ1) is 25.5. The van der Waals surface area contributed by atoms with Gasteiger partial charge in [0.15, 0.2) is 8.07 Å². The standard InChI is InChI=1S/C48H34N2Si/c1-6-20-35(21-7-1)49-43-32-18-16-30-40(43)42-34-45(48-46(47(42)49)41-31-17-19-33-44(41)50(48)36-22-8-2-9-23-36)51(37-24-10-3-11-25-37,38-26-12-4-13-27-38)39-28-14-5-15-29-39/h1-34H/i16D,18D,30D,32D. The summed E-state index contributed by atoms with van der Waals surface area (Å²) in [4.78, 5) is 0. The average molecular weight is 671 g/mol. The molecule has 0 aliphatic heterocycles. The second-order valence-corrected chi connectivity index (χ2v) is 16.7. The monoisotopic (exact) mass is 670 g/mol. The van der Waals surface area contributed by atoms with E-state index in [1.807, 2.05) is 36.4 Å². The predicted molar refractivity (Wildman–Crippen MR) is 219 cm³/mol. The minimum atomic E-state index is -3.24. The van der Waals surface area contributed by atoms with E-state index >= 15 is 0 Å². The number of hydrogen-bond donors (Lipinski definition) is 0. The number of hydrogen-bond acceptors (Lipinski definition) is 0. The van der Waals surface area contributed by atoms with Crippen molar-refractivity contribution in [3.05, 3.63) is 206 Å². The molecule has 10 rings (SSSR count). The summed E-state index contributed by atoms with van der Waals surface area (Å²) >= 11 is 0. The van der Waals surface area contributed by atoms with Gasteiger partial charge < -0.3 is 9.13 Å². The normalized spacial score (nSPS) is 13.0. The number of fused-ring (bicyclic) bond motifs is 7. The topological polar surface area (TPSA) is 9.86 Å². The highest BCUT2D eigenvalue weighted by atomic mass is 28.3. The van der Waals surface area contributed by atoms with Crippen molar-refractivity contribution in [2.24, 2.45) is 0 Å². The smallest absolute Gasteiger partial charge is 0.181 e. The summed E-state index contributed by atoms with van der Waals surface area (Å²) in [7, 11) is -3.24. The Morgan fingerprint density at radius 3 is 1.39 bits per heavy atom. The van der Waals surface area contributed by atoms with Crippen LogP contribution in [0.4, 0.5) is 0 Å². The lowest BCUT2D eigenvalue weighted by molar-refractivity contribution is 1.18. The second kappa shape index (κ2) is 11.9. The number of rotatable bonds is 6. The second-order valence-electron chi connectivity index (χ2n) is 13.0. The zero-order valence-corrected chi connectivity index (χ0v) is 28.7. The minimum Gasteiger partial charge on any atom is -0.309 e. The van der Waals surface area contributed by atoms with Crippen LogP contribution in [0.5, 0.6) is 0 Å². The van der Waals surface area contributed by atoms with Gasteiger partial charge in [0.25, 0.3) is 0 Å². The third kappa shape index (κ3) is 4.35. The fraction of sp³-hybridized carbons (Fsp3) is 0. The van der Waals surface area contributed by atoms with E-state index in [1.165, 1.54) is 15.6 Å². The SMILES string of the molecule is [2H]c1c([2H])c([2H])c2c(c1[2H])c1cc([Si](c3ccccc3)(c3ccccc3)c3ccccc3)c3c(c4ccccc4n3-c3ccccc3)c1n2-c1ccccc1. The van der Waals surface area contributed by atoms with Gasteiger partial charge in [0.05, 0.1) is 27.5 Å². The Kier molecular flexibility index (Phi) is 5.94. The molecule has 10 aromatic rings. The van der Waals surface area contributed by atoms with E-state index in [0.717, 1.165) is 49.3 Å². The van der Waals surface area contributed by atoms with Crippen LogP contribution in [0.25, 0.3) is 55.0 Å². The maximum atomic E-state index is 9.52. The van der Waals surface area contributed by atoms with Gasteiger partial charge in [-0.05, 0) is 63.2 Å². The third-order valence-corrected chi connectivity index (χ3v) is 15.1. The Balaban J connectivity index is 1.59. The molecule has 0 aliphatic carbocycles. The van der Waals surface area contributed by atoms with E-state index < -0.39 is 8.07 Å². The molecule has 0 bridgehead atoms. The molecule has 0 amide bonds. The van der Waals surface area contributed by atoms with Crippen LogP contribution < -0.4 is 20.7 Å². The summed E-state index contributed by atoms with van der Waals surface area (Å²) in [5.74, 6) is 0. The molecule has 0 N–H and O–H groups in total. The summed E-state index contributed by atoms with van der Waals surface area (Å²) in [6.07, 6.45) is 0. The first-order valence-corrected chi connectivity index (χ1v) is 19.3.